The number of H-pyrrole nitrogens is 1. The summed E-state index contributed by atoms with van der Waals surface area (Å²) in [6.07, 6.45) is 1.55. The van der Waals surface area contributed by atoms with Gasteiger partial charge in [-0.15, -0.1) is 0 Å². The molecule has 16 heavy (non-hydrogen) atoms. The average molecular weight is 214 g/mol. The molecule has 5 nitrogen and oxygen atoms in total. The Hall–Kier alpha value is -2.30. The molecule has 2 heterocycles. The summed E-state index contributed by atoms with van der Waals surface area (Å²) in [5.41, 5.74) is 2.82. The number of nitrogens with zero attached hydrogens (tertiary/aromatic N) is 2. The Morgan fingerprint density at radius 3 is 3.00 bits per heavy atom. The highest BCUT2D eigenvalue weighted by Gasteiger charge is 2.02. The number of imidazole rings is 1. The van der Waals surface area contributed by atoms with Crippen molar-refractivity contribution in [1.29, 1.82) is 0 Å². The van der Waals surface area contributed by atoms with E-state index >= 15 is 0 Å². The highest BCUT2D eigenvalue weighted by atomic mass is 16.5. The van der Waals surface area contributed by atoms with Crippen LogP contribution in [0.1, 0.15) is 5.69 Å². The zero-order chi connectivity index (χ0) is 10.8. The van der Waals surface area contributed by atoms with Crippen molar-refractivity contribution in [1.82, 2.24) is 15.1 Å². The standard InChI is InChI=1S/C11H10N4O/c1-2-4-10-9(3-1)13-11(14-10)12-7-8-5-6-16-15-8/h1-6H,7H2,(H2,12,13,14). The van der Waals surface area contributed by atoms with Crippen molar-refractivity contribution in [2.75, 3.05) is 5.32 Å². The number of nitrogens with one attached hydrogen (secondary N) is 2. The Balaban J connectivity index is 1.79. The Morgan fingerprint density at radius 1 is 1.25 bits per heavy atom. The van der Waals surface area contributed by atoms with Crippen molar-refractivity contribution in [3.05, 3.63) is 42.3 Å². The van der Waals surface area contributed by atoms with Crippen molar-refractivity contribution in [3.8, 4) is 0 Å². The van der Waals surface area contributed by atoms with E-state index in [-0.39, 0.29) is 0 Å². The lowest BCUT2D eigenvalue weighted by Crippen LogP contribution is -2.00. The highest BCUT2D eigenvalue weighted by Crippen LogP contribution is 2.13. The van der Waals surface area contributed by atoms with Crippen molar-refractivity contribution in [3.63, 3.8) is 0 Å². The van der Waals surface area contributed by atoms with Gasteiger partial charge >= 0.3 is 0 Å². The normalized spacial score (nSPS) is 10.8. The number of rotatable bonds is 3. The fourth-order valence-corrected chi connectivity index (χ4v) is 1.54. The predicted octanol–water partition coefficient (Wildman–Crippen LogP) is 2.16. The summed E-state index contributed by atoms with van der Waals surface area (Å²) in [7, 11) is 0. The molecular weight excluding hydrogens is 204 g/mol. The van der Waals surface area contributed by atoms with Crippen molar-refractivity contribution < 1.29 is 4.52 Å². The highest BCUT2D eigenvalue weighted by molar-refractivity contribution is 5.77. The van der Waals surface area contributed by atoms with Crippen LogP contribution < -0.4 is 5.32 Å². The van der Waals surface area contributed by atoms with Gasteiger partial charge < -0.3 is 14.8 Å². The molecule has 0 atom stereocenters. The number of benzene rings is 1. The maximum absolute atomic E-state index is 4.74. The molecule has 1 aromatic carbocycles. The minimum atomic E-state index is 0.594. The zero-order valence-electron chi connectivity index (χ0n) is 8.47. The number of hydrogen-bond acceptors (Lipinski definition) is 4. The van der Waals surface area contributed by atoms with Gasteiger partial charge in [0.05, 0.1) is 17.6 Å². The van der Waals surface area contributed by atoms with E-state index in [4.69, 9.17) is 4.52 Å². The quantitative estimate of drug-likeness (QED) is 0.701. The van der Waals surface area contributed by atoms with E-state index < -0.39 is 0 Å². The van der Waals surface area contributed by atoms with Crippen LogP contribution >= 0.6 is 0 Å². The first-order valence-electron chi connectivity index (χ1n) is 5.00. The Labute approximate surface area is 91.5 Å². The number of aromatic amines is 1. The van der Waals surface area contributed by atoms with Crippen LogP contribution in [0.2, 0.25) is 0 Å². The third-order valence-electron chi connectivity index (χ3n) is 2.32. The maximum Gasteiger partial charge on any atom is 0.201 e. The number of fused-ring (bicyclic) bond motifs is 1. The van der Waals surface area contributed by atoms with Gasteiger partial charge in [-0.25, -0.2) is 4.98 Å². The Morgan fingerprint density at radius 2 is 2.19 bits per heavy atom. The second kappa shape index (κ2) is 3.69. The van der Waals surface area contributed by atoms with Gasteiger partial charge in [0.15, 0.2) is 0 Å². The molecule has 80 valence electrons. The molecule has 0 amide bonds. The van der Waals surface area contributed by atoms with E-state index in [0.29, 0.717) is 6.54 Å². The van der Waals surface area contributed by atoms with Gasteiger partial charge in [0.1, 0.15) is 12.0 Å². The van der Waals surface area contributed by atoms with E-state index in [1.165, 1.54) is 0 Å². The van der Waals surface area contributed by atoms with Crippen LogP contribution in [0.4, 0.5) is 5.95 Å². The molecule has 0 bridgehead atoms. The molecule has 2 N–H and O–H groups in total. The predicted molar refractivity (Wildman–Crippen MR) is 59.9 cm³/mol. The number of anilines is 1. The minimum absolute atomic E-state index is 0.594. The molecule has 0 aliphatic rings. The van der Waals surface area contributed by atoms with Crippen LogP contribution in [-0.2, 0) is 6.54 Å². The largest absolute Gasteiger partial charge is 0.364 e. The van der Waals surface area contributed by atoms with Crippen molar-refractivity contribution in [2.45, 2.75) is 6.54 Å². The van der Waals surface area contributed by atoms with E-state index in [2.05, 4.69) is 20.4 Å². The van der Waals surface area contributed by atoms with Crippen molar-refractivity contribution >= 4 is 17.0 Å². The molecule has 0 aliphatic heterocycles. The van der Waals surface area contributed by atoms with Gasteiger partial charge in [-0.2, -0.15) is 0 Å². The summed E-state index contributed by atoms with van der Waals surface area (Å²) >= 11 is 0. The fraction of sp³-hybridized carbons (Fsp3) is 0.0909. The van der Waals surface area contributed by atoms with Crippen molar-refractivity contribution in [2.24, 2.45) is 0 Å². The smallest absolute Gasteiger partial charge is 0.201 e. The summed E-state index contributed by atoms with van der Waals surface area (Å²) < 4.78 is 4.74. The van der Waals surface area contributed by atoms with Gasteiger partial charge in [0.2, 0.25) is 5.95 Å². The first kappa shape index (κ1) is 8.96. The number of aromatic nitrogens is 3. The Bertz CT molecular complexity index is 552. The van der Waals surface area contributed by atoms with Gasteiger partial charge in [0.25, 0.3) is 0 Å². The van der Waals surface area contributed by atoms with Crippen LogP contribution in [0.25, 0.3) is 11.0 Å². The summed E-state index contributed by atoms with van der Waals surface area (Å²) in [5.74, 6) is 0.740. The first-order valence-corrected chi connectivity index (χ1v) is 5.00. The molecular formula is C11H10N4O. The van der Waals surface area contributed by atoms with Crippen LogP contribution in [0, 0.1) is 0 Å². The lowest BCUT2D eigenvalue weighted by molar-refractivity contribution is 0.412. The van der Waals surface area contributed by atoms with Crippen LogP contribution in [0.15, 0.2) is 41.1 Å². The molecule has 0 aliphatic carbocycles. The van der Waals surface area contributed by atoms with Gasteiger partial charge in [-0.3, -0.25) is 0 Å². The summed E-state index contributed by atoms with van der Waals surface area (Å²) in [6, 6.07) is 9.71. The molecule has 0 radical (unpaired) electrons. The third kappa shape index (κ3) is 1.63. The summed E-state index contributed by atoms with van der Waals surface area (Å²) in [4.78, 5) is 7.56. The minimum Gasteiger partial charge on any atom is -0.364 e. The molecule has 0 saturated heterocycles. The van der Waals surface area contributed by atoms with Gasteiger partial charge in [-0.05, 0) is 12.1 Å². The van der Waals surface area contributed by atoms with Gasteiger partial charge in [0, 0.05) is 6.07 Å². The topological polar surface area (TPSA) is 66.7 Å². The average Bonchev–Trinajstić information content (AvgIpc) is 2.95. The first-order chi connectivity index (χ1) is 7.92. The van der Waals surface area contributed by atoms with E-state index in [1.807, 2.05) is 30.3 Å². The molecule has 0 spiro atoms. The zero-order valence-corrected chi connectivity index (χ0v) is 8.47. The fourth-order valence-electron chi connectivity index (χ4n) is 1.54. The van der Waals surface area contributed by atoms with Gasteiger partial charge in [-0.1, -0.05) is 17.3 Å². The van der Waals surface area contributed by atoms with Crippen LogP contribution in [0.5, 0.6) is 0 Å². The monoisotopic (exact) mass is 214 g/mol. The molecule has 0 saturated carbocycles. The SMILES string of the molecule is c1ccc2[nH]c(NCc3ccon3)nc2c1. The summed E-state index contributed by atoms with van der Waals surface area (Å²) in [6.45, 7) is 0.594. The number of hydrogen-bond donors (Lipinski definition) is 2. The maximum atomic E-state index is 4.74. The molecule has 3 aromatic rings. The number of para-hydroxylation sites is 2. The Kier molecular flexibility index (Phi) is 2.07. The van der Waals surface area contributed by atoms with Crippen LogP contribution in [-0.4, -0.2) is 15.1 Å². The molecule has 5 heteroatoms. The second-order valence-corrected chi connectivity index (χ2v) is 3.45. The molecule has 0 unspecified atom stereocenters. The van der Waals surface area contributed by atoms with E-state index in [1.54, 1.807) is 6.26 Å². The lowest BCUT2D eigenvalue weighted by Gasteiger charge is -1.97. The van der Waals surface area contributed by atoms with E-state index in [0.717, 1.165) is 22.7 Å². The molecule has 2 aromatic heterocycles. The van der Waals surface area contributed by atoms with E-state index in [9.17, 15) is 0 Å². The van der Waals surface area contributed by atoms with Crippen LogP contribution in [0.3, 0.4) is 0 Å². The third-order valence-corrected chi connectivity index (χ3v) is 2.32. The lowest BCUT2D eigenvalue weighted by atomic mass is 10.3. The second-order valence-electron chi connectivity index (χ2n) is 3.45. The molecule has 0 fully saturated rings. The molecule has 3 rings (SSSR count). The summed E-state index contributed by atoms with van der Waals surface area (Å²) in [5, 5.41) is 6.95.